The van der Waals surface area contributed by atoms with Gasteiger partial charge in [-0.15, -0.1) is 0 Å². The minimum atomic E-state index is -3.67. The van der Waals surface area contributed by atoms with Crippen LogP contribution in [0.15, 0.2) is 29.6 Å². The van der Waals surface area contributed by atoms with Crippen molar-refractivity contribution >= 4 is 32.5 Å². The van der Waals surface area contributed by atoms with Crippen LogP contribution in [0.2, 0.25) is 0 Å². The second kappa shape index (κ2) is 9.95. The molecular formula is C22H26N4O7S. The first-order valence-electron chi connectivity index (χ1n) is 10.6. The number of nitrogens with zero attached hydrogens (tertiary/aromatic N) is 3. The average molecular weight is 491 g/mol. The summed E-state index contributed by atoms with van der Waals surface area (Å²) in [5.74, 6) is 0.632. The SMILES string of the molecule is CC(=O)Nc1cc2c(-c3nc(S(C)(=O)=O)cc4c3OCCOCCOCCO4)cn(C)c2cn1. The van der Waals surface area contributed by atoms with Crippen LogP contribution >= 0.6 is 0 Å². The molecule has 4 rings (SSSR count). The maximum Gasteiger partial charge on any atom is 0.222 e. The Kier molecular flexibility index (Phi) is 7.00. The van der Waals surface area contributed by atoms with Crippen molar-refractivity contribution in [1.82, 2.24) is 14.5 Å². The maximum absolute atomic E-state index is 12.5. The van der Waals surface area contributed by atoms with Crippen LogP contribution in [-0.2, 0) is 31.2 Å². The highest BCUT2D eigenvalue weighted by atomic mass is 32.2. The van der Waals surface area contributed by atoms with Crippen LogP contribution < -0.4 is 14.8 Å². The van der Waals surface area contributed by atoms with Crippen LogP contribution in [-0.4, -0.2) is 74.8 Å². The van der Waals surface area contributed by atoms with Gasteiger partial charge in [0, 0.05) is 43.4 Å². The number of nitrogens with one attached hydrogen (secondary N) is 1. The topological polar surface area (TPSA) is 131 Å². The summed E-state index contributed by atoms with van der Waals surface area (Å²) in [6.07, 6.45) is 4.51. The zero-order valence-electron chi connectivity index (χ0n) is 19.2. The number of pyridine rings is 2. The van der Waals surface area contributed by atoms with Gasteiger partial charge in [-0.2, -0.15) is 0 Å². The van der Waals surface area contributed by atoms with E-state index < -0.39 is 9.84 Å². The molecule has 3 aromatic rings. The van der Waals surface area contributed by atoms with Crippen molar-refractivity contribution in [3.05, 3.63) is 24.5 Å². The lowest BCUT2D eigenvalue weighted by Gasteiger charge is -2.18. The Morgan fingerprint density at radius 1 is 1.06 bits per heavy atom. The molecule has 0 saturated carbocycles. The van der Waals surface area contributed by atoms with Gasteiger partial charge < -0.3 is 28.8 Å². The number of carbonyl (C=O) groups excluding carboxylic acids is 1. The third-order valence-electron chi connectivity index (χ3n) is 5.06. The predicted molar refractivity (Wildman–Crippen MR) is 124 cm³/mol. The van der Waals surface area contributed by atoms with Crippen molar-refractivity contribution in [2.45, 2.75) is 11.9 Å². The fraction of sp³-hybridized carbons (Fsp3) is 0.409. The van der Waals surface area contributed by atoms with Gasteiger partial charge in [-0.25, -0.2) is 18.4 Å². The smallest absolute Gasteiger partial charge is 0.222 e. The standard InChI is InChI=1S/C22H26N4O7S/c1-14(27)24-19-10-15-16(13-26(2)17(15)12-23-19)21-22-18(11-20(25-21)34(3,28)29)32-8-6-30-4-5-31-7-9-33-22/h10-13H,4-9H2,1-3H3,(H,23,24,27). The quantitative estimate of drug-likeness (QED) is 0.584. The maximum atomic E-state index is 12.5. The summed E-state index contributed by atoms with van der Waals surface area (Å²) in [6, 6.07) is 3.07. The van der Waals surface area contributed by atoms with Crippen molar-refractivity contribution in [1.29, 1.82) is 0 Å². The van der Waals surface area contributed by atoms with Crippen molar-refractivity contribution in [2.75, 3.05) is 51.2 Å². The number of hydrogen-bond acceptors (Lipinski definition) is 9. The van der Waals surface area contributed by atoms with Gasteiger partial charge in [-0.05, 0) is 6.07 Å². The summed E-state index contributed by atoms with van der Waals surface area (Å²) in [5.41, 5.74) is 1.65. The van der Waals surface area contributed by atoms with Gasteiger partial charge in [0.2, 0.25) is 5.91 Å². The monoisotopic (exact) mass is 490 g/mol. The first kappa shape index (κ1) is 23.9. The van der Waals surface area contributed by atoms with E-state index in [4.69, 9.17) is 18.9 Å². The van der Waals surface area contributed by atoms with Gasteiger partial charge in [-0.3, -0.25) is 4.79 Å². The van der Waals surface area contributed by atoms with Crippen molar-refractivity contribution < 1.29 is 32.2 Å². The fourth-order valence-electron chi connectivity index (χ4n) is 3.56. The molecule has 0 aromatic carbocycles. The highest BCUT2D eigenvalue weighted by Crippen LogP contribution is 2.42. The van der Waals surface area contributed by atoms with Crippen LogP contribution in [0.25, 0.3) is 22.2 Å². The molecular weight excluding hydrogens is 464 g/mol. The molecule has 0 atom stereocenters. The second-order valence-electron chi connectivity index (χ2n) is 7.75. The Morgan fingerprint density at radius 2 is 1.74 bits per heavy atom. The molecule has 3 aromatic heterocycles. The summed E-state index contributed by atoms with van der Waals surface area (Å²) in [4.78, 5) is 20.3. The van der Waals surface area contributed by atoms with Gasteiger partial charge in [-0.1, -0.05) is 0 Å². The van der Waals surface area contributed by atoms with Crippen molar-refractivity contribution in [3.8, 4) is 22.8 Å². The molecule has 0 aliphatic carbocycles. The molecule has 1 amide bonds. The van der Waals surface area contributed by atoms with E-state index in [1.54, 1.807) is 18.5 Å². The molecule has 0 bridgehead atoms. The molecule has 1 aliphatic rings. The molecule has 12 heteroatoms. The summed E-state index contributed by atoms with van der Waals surface area (Å²) >= 11 is 0. The van der Waals surface area contributed by atoms with Gasteiger partial charge in [0.15, 0.2) is 26.4 Å². The number of aryl methyl sites for hydroxylation is 1. The molecule has 1 N–H and O–H groups in total. The third kappa shape index (κ3) is 5.29. The van der Waals surface area contributed by atoms with Crippen LogP contribution in [0.4, 0.5) is 5.82 Å². The molecule has 4 heterocycles. The number of amides is 1. The van der Waals surface area contributed by atoms with E-state index in [2.05, 4.69) is 15.3 Å². The highest BCUT2D eigenvalue weighted by Gasteiger charge is 2.24. The Morgan fingerprint density at radius 3 is 2.41 bits per heavy atom. The summed E-state index contributed by atoms with van der Waals surface area (Å²) in [6.45, 7) is 3.24. The van der Waals surface area contributed by atoms with Crippen LogP contribution in [0.1, 0.15) is 6.92 Å². The largest absolute Gasteiger partial charge is 0.487 e. The molecule has 0 spiro atoms. The van der Waals surface area contributed by atoms with Gasteiger partial charge >= 0.3 is 0 Å². The molecule has 11 nitrogen and oxygen atoms in total. The first-order chi connectivity index (χ1) is 16.2. The molecule has 0 unspecified atom stereocenters. The summed E-state index contributed by atoms with van der Waals surface area (Å²) in [5, 5.41) is 3.22. The number of ether oxygens (including phenoxy) is 4. The predicted octanol–water partition coefficient (Wildman–Crippen LogP) is 1.80. The second-order valence-corrected chi connectivity index (χ2v) is 9.71. The minimum Gasteiger partial charge on any atom is -0.487 e. The van der Waals surface area contributed by atoms with E-state index in [0.29, 0.717) is 54.6 Å². The van der Waals surface area contributed by atoms with E-state index in [9.17, 15) is 13.2 Å². The summed E-state index contributed by atoms with van der Waals surface area (Å²) in [7, 11) is -1.83. The lowest BCUT2D eigenvalue weighted by atomic mass is 10.1. The van der Waals surface area contributed by atoms with Crippen LogP contribution in [0.3, 0.4) is 0 Å². The normalized spacial score (nSPS) is 15.4. The number of hydrogen-bond donors (Lipinski definition) is 1. The lowest BCUT2D eigenvalue weighted by Crippen LogP contribution is -2.17. The van der Waals surface area contributed by atoms with E-state index in [1.165, 1.54) is 13.0 Å². The number of carbonyl (C=O) groups is 1. The first-order valence-corrected chi connectivity index (χ1v) is 12.5. The van der Waals surface area contributed by atoms with Gasteiger partial charge in [0.1, 0.15) is 24.7 Å². The Balaban J connectivity index is 1.93. The lowest BCUT2D eigenvalue weighted by molar-refractivity contribution is -0.114. The number of fused-ring (bicyclic) bond motifs is 2. The van der Waals surface area contributed by atoms with Gasteiger partial charge in [0.05, 0.1) is 38.1 Å². The third-order valence-corrected chi connectivity index (χ3v) is 6.03. The van der Waals surface area contributed by atoms with E-state index in [0.717, 1.165) is 11.8 Å². The van der Waals surface area contributed by atoms with Crippen molar-refractivity contribution in [2.24, 2.45) is 7.05 Å². The zero-order chi connectivity index (χ0) is 24.3. The number of sulfone groups is 1. The minimum absolute atomic E-state index is 0.151. The van der Waals surface area contributed by atoms with E-state index >= 15 is 0 Å². The molecule has 0 radical (unpaired) electrons. The molecule has 34 heavy (non-hydrogen) atoms. The molecule has 0 saturated heterocycles. The fourth-order valence-corrected chi connectivity index (χ4v) is 4.14. The zero-order valence-corrected chi connectivity index (χ0v) is 20.0. The Hall–Kier alpha value is -3.22. The van der Waals surface area contributed by atoms with Crippen LogP contribution in [0.5, 0.6) is 11.5 Å². The van der Waals surface area contributed by atoms with Gasteiger partial charge in [0.25, 0.3) is 0 Å². The van der Waals surface area contributed by atoms with E-state index in [-0.39, 0.29) is 29.9 Å². The van der Waals surface area contributed by atoms with Crippen LogP contribution in [0, 0.1) is 0 Å². The highest BCUT2D eigenvalue weighted by molar-refractivity contribution is 7.90. The Labute approximate surface area is 196 Å². The molecule has 0 fully saturated rings. The number of rotatable bonds is 3. The number of anilines is 1. The Bertz CT molecular complexity index is 1320. The summed E-state index contributed by atoms with van der Waals surface area (Å²) < 4.78 is 49.6. The molecule has 1 aliphatic heterocycles. The van der Waals surface area contributed by atoms with E-state index in [1.807, 2.05) is 11.6 Å². The number of aromatic nitrogens is 3. The van der Waals surface area contributed by atoms with Crippen molar-refractivity contribution in [3.63, 3.8) is 0 Å². The average Bonchev–Trinajstić information content (AvgIpc) is 3.08. The molecule has 182 valence electrons.